The van der Waals surface area contributed by atoms with E-state index in [0.717, 1.165) is 86.3 Å². The summed E-state index contributed by atoms with van der Waals surface area (Å²) >= 11 is 1.81. The Labute approximate surface area is 180 Å². The first-order valence-corrected chi connectivity index (χ1v) is 11.7. The first-order chi connectivity index (χ1) is 14.8. The van der Waals surface area contributed by atoms with Gasteiger partial charge < -0.3 is 19.1 Å². The van der Waals surface area contributed by atoms with Gasteiger partial charge in [-0.05, 0) is 55.5 Å². The van der Waals surface area contributed by atoms with Crippen LogP contribution in [0.4, 0.5) is 0 Å². The Balaban J connectivity index is 1.45. The average molecular weight is 427 g/mol. The summed E-state index contributed by atoms with van der Waals surface area (Å²) < 4.78 is 17.5. The lowest BCUT2D eigenvalue weighted by atomic mass is 10.2. The highest BCUT2D eigenvalue weighted by atomic mass is 32.1. The number of nitrogens with one attached hydrogen (secondary N) is 1. The van der Waals surface area contributed by atoms with E-state index in [1.54, 1.807) is 0 Å². The minimum Gasteiger partial charge on any atom is -0.494 e. The zero-order valence-corrected chi connectivity index (χ0v) is 18.2. The number of thiophene rings is 1. The molecule has 0 unspecified atom stereocenters. The van der Waals surface area contributed by atoms with E-state index in [0.29, 0.717) is 5.88 Å². The quantitative estimate of drug-likeness (QED) is 0.629. The predicted molar refractivity (Wildman–Crippen MR) is 117 cm³/mol. The molecule has 0 atom stereocenters. The van der Waals surface area contributed by atoms with Crippen molar-refractivity contribution >= 4 is 21.6 Å². The largest absolute Gasteiger partial charge is 0.494 e. The van der Waals surface area contributed by atoms with Gasteiger partial charge in [0.1, 0.15) is 36.0 Å². The van der Waals surface area contributed by atoms with Crippen molar-refractivity contribution in [2.24, 2.45) is 0 Å². The van der Waals surface area contributed by atoms with Gasteiger partial charge in [0.15, 0.2) is 5.82 Å². The molecule has 2 aromatic heterocycles. The Morgan fingerprint density at radius 1 is 1.07 bits per heavy atom. The summed E-state index contributed by atoms with van der Waals surface area (Å²) in [5.41, 5.74) is 1.39. The molecule has 158 valence electrons. The number of quaternary nitrogens is 1. The summed E-state index contributed by atoms with van der Waals surface area (Å²) in [7, 11) is 0. The van der Waals surface area contributed by atoms with Crippen LogP contribution < -0.4 is 14.4 Å². The highest BCUT2D eigenvalue weighted by Crippen LogP contribution is 2.41. The predicted octanol–water partition coefficient (Wildman–Crippen LogP) is 3.18. The smallest absolute Gasteiger partial charge is 0.231 e. The number of hydrogen-bond donors (Lipinski definition) is 1. The van der Waals surface area contributed by atoms with E-state index >= 15 is 0 Å². The molecular formula is C23H28N3O3S+. The van der Waals surface area contributed by atoms with Crippen LogP contribution in [0.2, 0.25) is 0 Å². The van der Waals surface area contributed by atoms with Crippen molar-refractivity contribution in [3.05, 3.63) is 40.5 Å². The molecule has 0 spiro atoms. The monoisotopic (exact) mass is 426 g/mol. The van der Waals surface area contributed by atoms with Crippen LogP contribution >= 0.6 is 11.3 Å². The van der Waals surface area contributed by atoms with Gasteiger partial charge in [-0.3, -0.25) is 0 Å². The maximum atomic E-state index is 6.33. The number of aromatic nitrogens is 2. The number of aryl methyl sites for hydroxylation is 2. The summed E-state index contributed by atoms with van der Waals surface area (Å²) in [6, 6.07) is 7.83. The van der Waals surface area contributed by atoms with Crippen molar-refractivity contribution in [3.63, 3.8) is 0 Å². The second kappa shape index (κ2) is 8.88. The molecule has 1 aliphatic carbocycles. The first-order valence-electron chi connectivity index (χ1n) is 10.9. The molecule has 3 aromatic rings. The fraction of sp³-hybridized carbons (Fsp3) is 0.478. The summed E-state index contributed by atoms with van der Waals surface area (Å²) in [4.78, 5) is 13.8. The summed E-state index contributed by atoms with van der Waals surface area (Å²) in [6.45, 7) is 7.24. The van der Waals surface area contributed by atoms with Crippen LogP contribution in [0.3, 0.4) is 0 Å². The van der Waals surface area contributed by atoms with E-state index in [2.05, 4.69) is 6.92 Å². The van der Waals surface area contributed by atoms with E-state index in [1.807, 2.05) is 35.6 Å². The Hall–Kier alpha value is -2.22. The van der Waals surface area contributed by atoms with Crippen LogP contribution in [-0.2, 0) is 24.1 Å². The first kappa shape index (κ1) is 19.7. The Kier molecular flexibility index (Phi) is 5.84. The molecule has 0 radical (unpaired) electrons. The maximum absolute atomic E-state index is 6.33. The van der Waals surface area contributed by atoms with Crippen molar-refractivity contribution in [3.8, 4) is 17.4 Å². The highest BCUT2D eigenvalue weighted by molar-refractivity contribution is 7.19. The molecule has 7 heteroatoms. The van der Waals surface area contributed by atoms with Gasteiger partial charge in [-0.15, -0.1) is 11.3 Å². The lowest BCUT2D eigenvalue weighted by Crippen LogP contribution is -3.12. The van der Waals surface area contributed by atoms with Crippen molar-refractivity contribution < 1.29 is 19.1 Å². The number of morpholine rings is 1. The van der Waals surface area contributed by atoms with E-state index < -0.39 is 0 Å². The number of nitrogens with zero attached hydrogens (tertiary/aromatic N) is 2. The molecule has 0 bridgehead atoms. The second-order valence-electron chi connectivity index (χ2n) is 7.94. The Morgan fingerprint density at radius 3 is 2.67 bits per heavy atom. The van der Waals surface area contributed by atoms with Gasteiger partial charge in [-0.2, -0.15) is 4.98 Å². The van der Waals surface area contributed by atoms with Gasteiger partial charge >= 0.3 is 0 Å². The SMILES string of the molecule is CCCOc1ccc(Oc2nc(C[NH+]3CCOCC3)nc3sc4c(c23)CCC4)cc1. The van der Waals surface area contributed by atoms with Gasteiger partial charge in [0.05, 0.1) is 25.2 Å². The molecule has 1 saturated heterocycles. The number of rotatable bonds is 7. The highest BCUT2D eigenvalue weighted by Gasteiger charge is 2.25. The molecule has 0 saturated carbocycles. The zero-order chi connectivity index (χ0) is 20.3. The molecule has 2 aliphatic rings. The van der Waals surface area contributed by atoms with Gasteiger partial charge in [-0.25, -0.2) is 4.98 Å². The average Bonchev–Trinajstić information content (AvgIpc) is 3.35. The minimum atomic E-state index is 0.698. The van der Waals surface area contributed by atoms with Crippen LogP contribution in [0.15, 0.2) is 24.3 Å². The van der Waals surface area contributed by atoms with Crippen LogP contribution in [0.5, 0.6) is 17.4 Å². The number of ether oxygens (including phenoxy) is 3. The van der Waals surface area contributed by atoms with Crippen LogP contribution in [0.25, 0.3) is 10.2 Å². The third kappa shape index (κ3) is 4.15. The molecule has 3 heterocycles. The van der Waals surface area contributed by atoms with Crippen molar-refractivity contribution in [2.45, 2.75) is 39.2 Å². The third-order valence-corrected chi connectivity index (χ3v) is 6.88. The van der Waals surface area contributed by atoms with E-state index in [1.165, 1.54) is 21.8 Å². The molecule has 30 heavy (non-hydrogen) atoms. The van der Waals surface area contributed by atoms with Crippen LogP contribution in [-0.4, -0.2) is 42.9 Å². The van der Waals surface area contributed by atoms with Gasteiger partial charge in [0, 0.05) is 4.88 Å². The maximum Gasteiger partial charge on any atom is 0.231 e. The minimum absolute atomic E-state index is 0.698. The van der Waals surface area contributed by atoms with E-state index in [9.17, 15) is 0 Å². The fourth-order valence-corrected chi connectivity index (χ4v) is 5.42. The lowest BCUT2D eigenvalue weighted by Gasteiger charge is -2.23. The fourth-order valence-electron chi connectivity index (χ4n) is 4.15. The summed E-state index contributed by atoms with van der Waals surface area (Å²) in [5, 5.41) is 1.11. The van der Waals surface area contributed by atoms with E-state index in [4.69, 9.17) is 24.2 Å². The molecular weight excluding hydrogens is 398 g/mol. The standard InChI is InChI=1S/C23H27N3O3S/c1-2-12-28-16-6-8-17(9-7-16)29-22-21-18-4-3-5-19(18)30-23(21)25-20(24-22)15-26-10-13-27-14-11-26/h6-9H,2-5,10-15H2,1H3/p+1. The van der Waals surface area contributed by atoms with Gasteiger partial charge in [0.2, 0.25) is 5.88 Å². The van der Waals surface area contributed by atoms with Crippen molar-refractivity contribution in [2.75, 3.05) is 32.9 Å². The van der Waals surface area contributed by atoms with Crippen LogP contribution in [0, 0.1) is 0 Å². The Morgan fingerprint density at radius 2 is 1.87 bits per heavy atom. The van der Waals surface area contributed by atoms with Crippen molar-refractivity contribution in [1.82, 2.24) is 9.97 Å². The second-order valence-corrected chi connectivity index (χ2v) is 9.03. The topological polar surface area (TPSA) is 57.9 Å². The number of fused-ring (bicyclic) bond motifs is 3. The van der Waals surface area contributed by atoms with Gasteiger partial charge in [0.25, 0.3) is 0 Å². The molecule has 1 N–H and O–H groups in total. The lowest BCUT2D eigenvalue weighted by molar-refractivity contribution is -0.922. The molecule has 5 rings (SSSR count). The van der Waals surface area contributed by atoms with Crippen LogP contribution in [0.1, 0.15) is 36.0 Å². The zero-order valence-electron chi connectivity index (χ0n) is 17.4. The molecule has 1 fully saturated rings. The van der Waals surface area contributed by atoms with E-state index in [-0.39, 0.29) is 0 Å². The number of hydrogen-bond acceptors (Lipinski definition) is 6. The molecule has 6 nitrogen and oxygen atoms in total. The summed E-state index contributed by atoms with van der Waals surface area (Å²) in [6.07, 6.45) is 4.43. The normalized spacial score (nSPS) is 16.7. The molecule has 0 amide bonds. The third-order valence-electron chi connectivity index (χ3n) is 5.70. The van der Waals surface area contributed by atoms with Gasteiger partial charge in [-0.1, -0.05) is 6.92 Å². The number of benzene rings is 1. The Bertz CT molecular complexity index is 1010. The summed E-state index contributed by atoms with van der Waals surface area (Å²) in [5.74, 6) is 3.20. The molecule has 1 aliphatic heterocycles. The molecule has 1 aromatic carbocycles. The van der Waals surface area contributed by atoms with Crippen molar-refractivity contribution in [1.29, 1.82) is 0 Å².